The predicted molar refractivity (Wildman–Crippen MR) is 116 cm³/mol. The van der Waals surface area contributed by atoms with Gasteiger partial charge in [0.15, 0.2) is 0 Å². The maximum atomic E-state index is 12.7. The van der Waals surface area contributed by atoms with Gasteiger partial charge in [0.2, 0.25) is 5.91 Å². The molecule has 1 aromatic heterocycles. The van der Waals surface area contributed by atoms with E-state index in [0.717, 1.165) is 21.6 Å². The van der Waals surface area contributed by atoms with Crippen molar-refractivity contribution in [2.75, 3.05) is 32.1 Å². The second-order valence-electron chi connectivity index (χ2n) is 6.80. The number of para-hydroxylation sites is 2. The zero-order valence-electron chi connectivity index (χ0n) is 16.4. The molecule has 0 saturated carbocycles. The van der Waals surface area contributed by atoms with Gasteiger partial charge in [0, 0.05) is 12.1 Å². The normalized spacial score (nSPS) is 16.2. The van der Waals surface area contributed by atoms with Crippen molar-refractivity contribution in [1.82, 2.24) is 14.9 Å². The summed E-state index contributed by atoms with van der Waals surface area (Å²) in [5, 5.41) is 0.739. The van der Waals surface area contributed by atoms with E-state index in [1.165, 1.54) is 11.8 Å². The number of benzene rings is 2. The molecule has 0 N–H and O–H groups in total. The Balaban J connectivity index is 1.28. The molecule has 1 saturated heterocycles. The molecule has 2 aromatic carbocycles. The molecular weight excluding hydrogens is 398 g/mol. The fraction of sp³-hybridized carbons (Fsp3) is 0.261. The van der Waals surface area contributed by atoms with Crippen molar-refractivity contribution in [3.05, 3.63) is 60.3 Å². The van der Waals surface area contributed by atoms with Gasteiger partial charge in [-0.05, 0) is 30.3 Å². The van der Waals surface area contributed by atoms with Crippen LogP contribution < -0.4 is 4.74 Å². The SMILES string of the molecule is C#Cc1cccc(OCC2CN(C(=O)CSc3cnc4ccccc4n3)CCO2)c1. The van der Waals surface area contributed by atoms with E-state index in [0.29, 0.717) is 37.8 Å². The smallest absolute Gasteiger partial charge is 0.233 e. The minimum Gasteiger partial charge on any atom is -0.491 e. The summed E-state index contributed by atoms with van der Waals surface area (Å²) in [5.41, 5.74) is 2.44. The Morgan fingerprint density at radius 1 is 1.27 bits per heavy atom. The van der Waals surface area contributed by atoms with Crippen LogP contribution in [0.1, 0.15) is 5.56 Å². The summed E-state index contributed by atoms with van der Waals surface area (Å²) in [6.07, 6.45) is 6.95. The van der Waals surface area contributed by atoms with Gasteiger partial charge in [-0.3, -0.25) is 9.78 Å². The molecule has 0 radical (unpaired) electrons. The standard InChI is InChI=1S/C23H21N3O3S/c1-2-17-6-5-7-18(12-17)29-15-19-14-26(10-11-28-19)23(27)16-30-22-13-24-20-8-3-4-9-21(20)25-22/h1,3-9,12-13,19H,10-11,14-16H2. The molecule has 0 spiro atoms. The summed E-state index contributed by atoms with van der Waals surface area (Å²) >= 11 is 1.40. The highest BCUT2D eigenvalue weighted by molar-refractivity contribution is 7.99. The van der Waals surface area contributed by atoms with Gasteiger partial charge in [-0.25, -0.2) is 4.98 Å². The number of rotatable bonds is 6. The van der Waals surface area contributed by atoms with Crippen molar-refractivity contribution in [2.24, 2.45) is 0 Å². The first-order valence-corrected chi connectivity index (χ1v) is 10.6. The van der Waals surface area contributed by atoms with E-state index in [2.05, 4.69) is 15.9 Å². The van der Waals surface area contributed by atoms with Crippen LogP contribution in [0.4, 0.5) is 0 Å². The molecule has 1 amide bonds. The van der Waals surface area contributed by atoms with Gasteiger partial charge in [0.05, 0.1) is 36.1 Å². The number of thioether (sulfide) groups is 1. The van der Waals surface area contributed by atoms with Gasteiger partial charge >= 0.3 is 0 Å². The molecule has 1 fully saturated rings. The number of hydrogen-bond donors (Lipinski definition) is 0. The molecule has 0 aliphatic carbocycles. The molecule has 152 valence electrons. The molecule has 6 nitrogen and oxygen atoms in total. The van der Waals surface area contributed by atoms with Crippen molar-refractivity contribution in [3.63, 3.8) is 0 Å². The highest BCUT2D eigenvalue weighted by atomic mass is 32.2. The van der Waals surface area contributed by atoms with Crippen LogP contribution >= 0.6 is 11.8 Å². The molecule has 0 bridgehead atoms. The molecular formula is C23H21N3O3S. The maximum absolute atomic E-state index is 12.7. The van der Waals surface area contributed by atoms with Crippen LogP contribution in [0.25, 0.3) is 11.0 Å². The van der Waals surface area contributed by atoms with Crippen molar-refractivity contribution in [3.8, 4) is 18.1 Å². The number of fused-ring (bicyclic) bond motifs is 1. The second-order valence-corrected chi connectivity index (χ2v) is 7.80. The number of carbonyl (C=O) groups is 1. The third-order valence-corrected chi connectivity index (χ3v) is 5.58. The van der Waals surface area contributed by atoms with Crippen LogP contribution in [-0.4, -0.2) is 58.9 Å². The van der Waals surface area contributed by atoms with Gasteiger partial charge < -0.3 is 14.4 Å². The Morgan fingerprint density at radius 3 is 3.00 bits per heavy atom. The summed E-state index contributed by atoms with van der Waals surface area (Å²) in [5.74, 6) is 3.65. The minimum atomic E-state index is -0.178. The molecule has 1 atom stereocenters. The minimum absolute atomic E-state index is 0.0533. The van der Waals surface area contributed by atoms with Gasteiger partial charge in [-0.1, -0.05) is 35.9 Å². The summed E-state index contributed by atoms with van der Waals surface area (Å²) in [4.78, 5) is 23.4. The van der Waals surface area contributed by atoms with Gasteiger partial charge in [0.25, 0.3) is 0 Å². The number of aromatic nitrogens is 2. The lowest BCUT2D eigenvalue weighted by Gasteiger charge is -2.32. The average molecular weight is 420 g/mol. The highest BCUT2D eigenvalue weighted by Crippen LogP contribution is 2.19. The van der Waals surface area contributed by atoms with Crippen molar-refractivity contribution in [1.29, 1.82) is 0 Å². The Hall–Kier alpha value is -3.08. The van der Waals surface area contributed by atoms with Crippen molar-refractivity contribution in [2.45, 2.75) is 11.1 Å². The second kappa shape index (κ2) is 9.61. The van der Waals surface area contributed by atoms with E-state index in [1.54, 1.807) is 6.20 Å². The largest absolute Gasteiger partial charge is 0.491 e. The molecule has 1 aliphatic heterocycles. The summed E-state index contributed by atoms with van der Waals surface area (Å²) < 4.78 is 11.6. The van der Waals surface area contributed by atoms with Gasteiger partial charge in [0.1, 0.15) is 23.5 Å². The number of amides is 1. The van der Waals surface area contributed by atoms with Gasteiger partial charge in [-0.15, -0.1) is 6.42 Å². The number of morpholine rings is 1. The first kappa shape index (κ1) is 20.2. The van der Waals surface area contributed by atoms with Crippen LogP contribution in [-0.2, 0) is 9.53 Å². The molecule has 7 heteroatoms. The predicted octanol–water partition coefficient (Wildman–Crippen LogP) is 3.01. The first-order chi connectivity index (χ1) is 14.7. The lowest BCUT2D eigenvalue weighted by molar-refractivity contribution is -0.137. The van der Waals surface area contributed by atoms with E-state index in [1.807, 2.05) is 53.4 Å². The van der Waals surface area contributed by atoms with Crippen LogP contribution in [0.3, 0.4) is 0 Å². The van der Waals surface area contributed by atoms with E-state index in [-0.39, 0.29) is 12.0 Å². The molecule has 1 aliphatic rings. The van der Waals surface area contributed by atoms with E-state index in [9.17, 15) is 4.79 Å². The molecule has 3 aromatic rings. The van der Waals surface area contributed by atoms with E-state index in [4.69, 9.17) is 15.9 Å². The average Bonchev–Trinajstić information content (AvgIpc) is 2.81. The number of ether oxygens (including phenoxy) is 2. The Bertz CT molecular complexity index is 1080. The van der Waals surface area contributed by atoms with Crippen LogP contribution in [0.5, 0.6) is 5.75 Å². The highest BCUT2D eigenvalue weighted by Gasteiger charge is 2.25. The summed E-state index contributed by atoms with van der Waals surface area (Å²) in [6, 6.07) is 15.1. The molecule has 2 heterocycles. The van der Waals surface area contributed by atoms with E-state index >= 15 is 0 Å². The number of hydrogen-bond acceptors (Lipinski definition) is 6. The van der Waals surface area contributed by atoms with Crippen LogP contribution in [0.15, 0.2) is 59.8 Å². The quantitative estimate of drug-likeness (QED) is 0.452. The fourth-order valence-electron chi connectivity index (χ4n) is 3.15. The Kier molecular flexibility index (Phi) is 6.47. The zero-order chi connectivity index (χ0) is 20.8. The lowest BCUT2D eigenvalue weighted by atomic mass is 10.2. The topological polar surface area (TPSA) is 64.5 Å². The molecule has 1 unspecified atom stereocenters. The third kappa shape index (κ3) is 5.09. The van der Waals surface area contributed by atoms with Crippen molar-refractivity contribution < 1.29 is 14.3 Å². The first-order valence-electron chi connectivity index (χ1n) is 9.65. The van der Waals surface area contributed by atoms with Crippen molar-refractivity contribution >= 4 is 28.7 Å². The zero-order valence-corrected chi connectivity index (χ0v) is 17.2. The number of terminal acetylenes is 1. The number of nitrogens with zero attached hydrogens (tertiary/aromatic N) is 3. The maximum Gasteiger partial charge on any atom is 0.233 e. The van der Waals surface area contributed by atoms with E-state index < -0.39 is 0 Å². The fourth-order valence-corrected chi connectivity index (χ4v) is 3.89. The lowest BCUT2D eigenvalue weighted by Crippen LogP contribution is -2.48. The third-order valence-electron chi connectivity index (χ3n) is 4.70. The number of carbonyl (C=O) groups excluding carboxylic acids is 1. The summed E-state index contributed by atoms with van der Waals surface area (Å²) in [6.45, 7) is 1.93. The van der Waals surface area contributed by atoms with Crippen LogP contribution in [0.2, 0.25) is 0 Å². The Morgan fingerprint density at radius 2 is 2.13 bits per heavy atom. The Labute approximate surface area is 179 Å². The molecule has 4 rings (SSSR count). The monoisotopic (exact) mass is 419 g/mol. The van der Waals surface area contributed by atoms with Gasteiger partial charge in [-0.2, -0.15) is 0 Å². The van der Waals surface area contributed by atoms with Crippen LogP contribution in [0, 0.1) is 12.3 Å². The molecule has 30 heavy (non-hydrogen) atoms. The summed E-state index contributed by atoms with van der Waals surface area (Å²) in [7, 11) is 0.